The predicted octanol–water partition coefficient (Wildman–Crippen LogP) is 3.60. The van der Waals surface area contributed by atoms with Gasteiger partial charge >= 0.3 is 12.1 Å². The molecule has 0 unspecified atom stereocenters. The van der Waals surface area contributed by atoms with E-state index in [1.807, 2.05) is 47.9 Å². The molecule has 2 atom stereocenters. The van der Waals surface area contributed by atoms with Crippen molar-refractivity contribution in [3.05, 3.63) is 42.2 Å². The van der Waals surface area contributed by atoms with Gasteiger partial charge in [-0.05, 0) is 58.6 Å². The standard InChI is InChI=1S/C30H40N6O6/c1-5-35(28(40)42-19-10-8-9-14-30(4,15-13-19)27(39)32-16-23(37)38)17-22-34-24-25(36(22)18-29(2,3)41)20-11-6-7-12-21(20)33-26(24)31/h6-8,10-12,19,41H,5,9,13-18H2,1-4H3,(H2,31,33)(H,32,39)(H,37,38)/b10-8+/t19-,30+/m0/s1. The summed E-state index contributed by atoms with van der Waals surface area (Å²) in [5, 5.41) is 23.0. The van der Waals surface area contributed by atoms with Crippen LogP contribution in [0.1, 0.15) is 59.2 Å². The summed E-state index contributed by atoms with van der Waals surface area (Å²) in [4.78, 5) is 47.8. The van der Waals surface area contributed by atoms with Crippen molar-refractivity contribution in [1.82, 2.24) is 24.8 Å². The molecule has 12 nitrogen and oxygen atoms in total. The number of carbonyl (C=O) groups excluding carboxylic acids is 2. The first-order chi connectivity index (χ1) is 19.8. The van der Waals surface area contributed by atoms with E-state index in [4.69, 9.17) is 20.6 Å². The molecular formula is C30H40N6O6. The topological polar surface area (TPSA) is 173 Å². The van der Waals surface area contributed by atoms with E-state index >= 15 is 0 Å². The lowest BCUT2D eigenvalue weighted by molar-refractivity contribution is -0.140. The van der Waals surface area contributed by atoms with Crippen molar-refractivity contribution in [3.63, 3.8) is 0 Å². The molecule has 12 heteroatoms. The summed E-state index contributed by atoms with van der Waals surface area (Å²) in [7, 11) is 0. The van der Waals surface area contributed by atoms with E-state index in [-0.39, 0.29) is 24.8 Å². The van der Waals surface area contributed by atoms with Gasteiger partial charge in [-0.1, -0.05) is 31.2 Å². The van der Waals surface area contributed by atoms with Gasteiger partial charge in [-0.15, -0.1) is 0 Å². The fourth-order valence-electron chi connectivity index (χ4n) is 5.29. The molecule has 42 heavy (non-hydrogen) atoms. The number of nitrogens with two attached hydrogens (primary N) is 1. The Morgan fingerprint density at radius 1 is 1.24 bits per heavy atom. The highest BCUT2D eigenvalue weighted by molar-refractivity contribution is 6.06. The summed E-state index contributed by atoms with van der Waals surface area (Å²) < 4.78 is 7.77. The molecule has 4 rings (SSSR count). The zero-order valence-corrected chi connectivity index (χ0v) is 24.6. The van der Waals surface area contributed by atoms with E-state index in [0.717, 1.165) is 10.9 Å². The highest BCUT2D eigenvalue weighted by atomic mass is 16.6. The number of aliphatic carboxylic acids is 1. The minimum absolute atomic E-state index is 0.111. The number of rotatable bonds is 9. The highest BCUT2D eigenvalue weighted by Gasteiger charge is 2.35. The molecule has 2 heterocycles. The van der Waals surface area contributed by atoms with Gasteiger partial charge < -0.3 is 35.5 Å². The molecule has 0 saturated carbocycles. The lowest BCUT2D eigenvalue weighted by atomic mass is 9.78. The lowest BCUT2D eigenvalue weighted by Gasteiger charge is -2.31. The van der Waals surface area contributed by atoms with Crippen LogP contribution in [0.15, 0.2) is 36.4 Å². The molecule has 1 aliphatic carbocycles. The molecule has 0 bridgehead atoms. The number of anilines is 1. The fourth-order valence-corrected chi connectivity index (χ4v) is 5.29. The Morgan fingerprint density at radius 3 is 2.67 bits per heavy atom. The van der Waals surface area contributed by atoms with E-state index in [2.05, 4.69) is 10.3 Å². The molecule has 226 valence electrons. The molecule has 1 aliphatic rings. The second kappa shape index (κ2) is 12.4. The Balaban J connectivity index is 1.56. The Morgan fingerprint density at radius 2 is 1.98 bits per heavy atom. The average Bonchev–Trinajstić information content (AvgIpc) is 3.27. The third kappa shape index (κ3) is 6.99. The van der Waals surface area contributed by atoms with E-state index < -0.39 is 35.7 Å². The monoisotopic (exact) mass is 580 g/mol. The maximum atomic E-state index is 13.4. The van der Waals surface area contributed by atoms with Crippen molar-refractivity contribution < 1.29 is 29.3 Å². The molecule has 3 aromatic rings. The smallest absolute Gasteiger partial charge is 0.410 e. The molecule has 0 fully saturated rings. The second-order valence-electron chi connectivity index (χ2n) is 11.7. The van der Waals surface area contributed by atoms with Crippen LogP contribution in [0.3, 0.4) is 0 Å². The first-order valence-electron chi connectivity index (χ1n) is 14.2. The SMILES string of the molecule is CCN(Cc1nc2c(N)nc3ccccc3c2n1CC(C)(C)O)C(=O)O[C@H]1/C=C/CC[C@@](C)(C(=O)NCC(=O)O)CC1. The maximum Gasteiger partial charge on any atom is 0.410 e. The van der Waals surface area contributed by atoms with Crippen LogP contribution in [0.25, 0.3) is 21.9 Å². The largest absolute Gasteiger partial charge is 0.480 e. The Hall–Kier alpha value is -4.19. The van der Waals surface area contributed by atoms with Crippen LogP contribution in [0.2, 0.25) is 0 Å². The Bertz CT molecular complexity index is 1510. The number of carbonyl (C=O) groups is 3. The molecule has 2 amide bonds. The number of aromatic nitrogens is 3. The van der Waals surface area contributed by atoms with Crippen LogP contribution in [0.4, 0.5) is 10.6 Å². The Labute approximate surface area is 244 Å². The van der Waals surface area contributed by atoms with E-state index in [1.165, 1.54) is 4.90 Å². The molecule has 1 aromatic carbocycles. The van der Waals surface area contributed by atoms with Gasteiger partial charge in [0.1, 0.15) is 24.0 Å². The number of carboxylic acid groups (broad SMARTS) is 1. The number of allylic oxidation sites excluding steroid dienone is 1. The van der Waals surface area contributed by atoms with Crippen LogP contribution < -0.4 is 11.1 Å². The number of imidazole rings is 1. The number of hydrogen-bond acceptors (Lipinski definition) is 8. The number of para-hydroxylation sites is 1. The number of nitrogens with zero attached hydrogens (tertiary/aromatic N) is 4. The minimum atomic E-state index is -1.10. The minimum Gasteiger partial charge on any atom is -0.480 e. The van der Waals surface area contributed by atoms with E-state index in [1.54, 1.807) is 20.8 Å². The van der Waals surface area contributed by atoms with Gasteiger partial charge in [0, 0.05) is 17.3 Å². The zero-order valence-electron chi connectivity index (χ0n) is 24.6. The van der Waals surface area contributed by atoms with Crippen LogP contribution >= 0.6 is 0 Å². The molecule has 0 saturated heterocycles. The van der Waals surface area contributed by atoms with Crippen molar-refractivity contribution in [3.8, 4) is 0 Å². The van der Waals surface area contributed by atoms with Gasteiger partial charge in [0.25, 0.3) is 0 Å². The molecule has 2 aromatic heterocycles. The number of carboxylic acids is 1. The highest BCUT2D eigenvalue weighted by Crippen LogP contribution is 2.34. The van der Waals surface area contributed by atoms with Crippen LogP contribution in [0, 0.1) is 5.41 Å². The van der Waals surface area contributed by atoms with E-state index in [0.29, 0.717) is 49.1 Å². The van der Waals surface area contributed by atoms with Gasteiger partial charge in [-0.2, -0.15) is 0 Å². The summed E-state index contributed by atoms with van der Waals surface area (Å²) >= 11 is 0. The Kier molecular flexibility index (Phi) is 9.05. The van der Waals surface area contributed by atoms with Gasteiger partial charge in [0.15, 0.2) is 5.82 Å². The fraction of sp³-hybridized carbons (Fsp3) is 0.500. The van der Waals surface area contributed by atoms with E-state index in [9.17, 15) is 19.5 Å². The molecule has 0 radical (unpaired) electrons. The lowest BCUT2D eigenvalue weighted by Crippen LogP contribution is -2.42. The van der Waals surface area contributed by atoms with Crippen molar-refractivity contribution >= 4 is 45.7 Å². The number of nitrogens with one attached hydrogen (secondary N) is 1. The molecule has 0 aliphatic heterocycles. The molecule has 0 spiro atoms. The third-order valence-corrected chi connectivity index (χ3v) is 7.60. The quantitative estimate of drug-likeness (QED) is 0.276. The average molecular weight is 581 g/mol. The van der Waals surface area contributed by atoms with Crippen molar-refractivity contribution in [2.45, 2.75) is 78.2 Å². The van der Waals surface area contributed by atoms with Crippen LogP contribution in [-0.4, -0.2) is 72.4 Å². The number of benzene rings is 1. The van der Waals surface area contributed by atoms with Crippen LogP contribution in [-0.2, 0) is 27.4 Å². The first kappa shape index (κ1) is 30.8. The normalized spacial score (nSPS) is 20.1. The number of aliphatic hydroxyl groups is 1. The zero-order chi connectivity index (χ0) is 30.7. The van der Waals surface area contributed by atoms with Crippen molar-refractivity contribution in [2.24, 2.45) is 5.41 Å². The third-order valence-electron chi connectivity index (χ3n) is 7.60. The van der Waals surface area contributed by atoms with Gasteiger partial charge in [-0.25, -0.2) is 14.8 Å². The number of pyridine rings is 1. The number of hydrogen-bond donors (Lipinski definition) is 4. The van der Waals surface area contributed by atoms with Crippen molar-refractivity contribution in [2.75, 3.05) is 18.8 Å². The molecule has 5 N–H and O–H groups in total. The summed E-state index contributed by atoms with van der Waals surface area (Å²) in [5.41, 5.74) is 6.38. The summed E-state index contributed by atoms with van der Waals surface area (Å²) in [6, 6.07) is 7.58. The summed E-state index contributed by atoms with van der Waals surface area (Å²) in [6.07, 6.45) is 4.60. The second-order valence-corrected chi connectivity index (χ2v) is 11.7. The van der Waals surface area contributed by atoms with Gasteiger partial charge in [0.2, 0.25) is 5.91 Å². The van der Waals surface area contributed by atoms with Gasteiger partial charge in [0.05, 0.1) is 29.7 Å². The number of nitrogen functional groups attached to an aromatic ring is 1. The predicted molar refractivity (Wildman–Crippen MR) is 158 cm³/mol. The maximum absolute atomic E-state index is 13.4. The summed E-state index contributed by atoms with van der Waals surface area (Å²) in [5.74, 6) is -0.633. The number of fused-ring (bicyclic) bond motifs is 3. The first-order valence-corrected chi connectivity index (χ1v) is 14.2. The van der Waals surface area contributed by atoms with Gasteiger partial charge in [-0.3, -0.25) is 9.59 Å². The molecular weight excluding hydrogens is 540 g/mol. The number of amides is 2. The van der Waals surface area contributed by atoms with Crippen LogP contribution in [0.5, 0.6) is 0 Å². The number of ether oxygens (including phenoxy) is 1. The summed E-state index contributed by atoms with van der Waals surface area (Å²) in [6.45, 7) is 7.28. The van der Waals surface area contributed by atoms with Crippen molar-refractivity contribution in [1.29, 1.82) is 0 Å².